The SMILES string of the molecule is CC(=O)Nc1ccc(S(=O)(=O)NCCOc2cc(N3CCOCC3)nc(C)n2)cc1. The van der Waals surface area contributed by atoms with Gasteiger partial charge in [-0.05, 0) is 31.2 Å². The zero-order valence-electron chi connectivity index (χ0n) is 16.9. The van der Waals surface area contributed by atoms with Crippen molar-refractivity contribution in [1.29, 1.82) is 0 Å². The molecule has 30 heavy (non-hydrogen) atoms. The van der Waals surface area contributed by atoms with E-state index in [1.54, 1.807) is 13.0 Å². The van der Waals surface area contributed by atoms with Crippen LogP contribution in [0.15, 0.2) is 35.2 Å². The number of benzene rings is 1. The first-order valence-corrected chi connectivity index (χ1v) is 11.0. The summed E-state index contributed by atoms with van der Waals surface area (Å²) in [6.07, 6.45) is 0. The third-order valence-electron chi connectivity index (χ3n) is 4.27. The van der Waals surface area contributed by atoms with E-state index in [1.807, 2.05) is 0 Å². The fourth-order valence-electron chi connectivity index (χ4n) is 2.89. The van der Waals surface area contributed by atoms with Gasteiger partial charge in [0.05, 0.1) is 18.1 Å². The number of anilines is 2. The maximum Gasteiger partial charge on any atom is 0.240 e. The normalized spacial score (nSPS) is 14.4. The van der Waals surface area contributed by atoms with E-state index >= 15 is 0 Å². The molecule has 3 rings (SSSR count). The molecule has 1 aliphatic rings. The molecule has 2 aromatic rings. The Kier molecular flexibility index (Phi) is 7.19. The highest BCUT2D eigenvalue weighted by Gasteiger charge is 2.16. The molecule has 2 N–H and O–H groups in total. The molecule has 1 saturated heterocycles. The Balaban J connectivity index is 1.53. The molecule has 0 radical (unpaired) electrons. The number of amides is 1. The van der Waals surface area contributed by atoms with Crippen molar-refractivity contribution in [3.05, 3.63) is 36.2 Å². The van der Waals surface area contributed by atoms with E-state index in [-0.39, 0.29) is 24.0 Å². The monoisotopic (exact) mass is 435 g/mol. The van der Waals surface area contributed by atoms with E-state index in [0.29, 0.717) is 30.6 Å². The Morgan fingerprint density at radius 3 is 2.57 bits per heavy atom. The summed E-state index contributed by atoms with van der Waals surface area (Å²) in [6, 6.07) is 7.66. The molecule has 0 spiro atoms. The van der Waals surface area contributed by atoms with Gasteiger partial charge in [-0.1, -0.05) is 0 Å². The molecule has 1 amide bonds. The van der Waals surface area contributed by atoms with Crippen LogP contribution < -0.4 is 19.7 Å². The summed E-state index contributed by atoms with van der Waals surface area (Å²) in [6.45, 7) is 6.14. The average Bonchev–Trinajstić information content (AvgIpc) is 2.71. The second kappa shape index (κ2) is 9.83. The number of hydrogen-bond acceptors (Lipinski definition) is 8. The second-order valence-electron chi connectivity index (χ2n) is 6.66. The van der Waals surface area contributed by atoms with Crippen molar-refractivity contribution in [3.63, 3.8) is 0 Å². The number of aromatic nitrogens is 2. The molecule has 1 aromatic heterocycles. The highest BCUT2D eigenvalue weighted by molar-refractivity contribution is 7.89. The first-order chi connectivity index (χ1) is 14.3. The van der Waals surface area contributed by atoms with Gasteiger partial charge in [-0.3, -0.25) is 4.79 Å². The number of ether oxygens (including phenoxy) is 2. The van der Waals surface area contributed by atoms with Crippen molar-refractivity contribution in [2.75, 3.05) is 49.7 Å². The van der Waals surface area contributed by atoms with Crippen LogP contribution >= 0.6 is 0 Å². The minimum atomic E-state index is -3.69. The average molecular weight is 436 g/mol. The topological polar surface area (TPSA) is 123 Å². The Morgan fingerprint density at radius 1 is 1.20 bits per heavy atom. The number of aryl methyl sites for hydroxylation is 1. The largest absolute Gasteiger partial charge is 0.476 e. The van der Waals surface area contributed by atoms with E-state index in [2.05, 4.69) is 24.9 Å². The lowest BCUT2D eigenvalue weighted by Crippen LogP contribution is -2.37. The van der Waals surface area contributed by atoms with Crippen LogP contribution in [0.3, 0.4) is 0 Å². The van der Waals surface area contributed by atoms with Crippen LogP contribution in [-0.4, -0.2) is 63.7 Å². The molecule has 0 unspecified atom stereocenters. The Hall–Kier alpha value is -2.76. The number of sulfonamides is 1. The predicted octanol–water partition coefficient (Wildman–Crippen LogP) is 0.937. The molecule has 0 saturated carbocycles. The number of morpholine rings is 1. The summed E-state index contributed by atoms with van der Waals surface area (Å²) in [7, 11) is -3.69. The summed E-state index contributed by atoms with van der Waals surface area (Å²) in [4.78, 5) is 21.9. The van der Waals surface area contributed by atoms with Gasteiger partial charge in [0.25, 0.3) is 0 Å². The number of rotatable bonds is 8. The van der Waals surface area contributed by atoms with Crippen LogP contribution in [0, 0.1) is 6.92 Å². The number of carbonyl (C=O) groups is 1. The molecular weight excluding hydrogens is 410 g/mol. The van der Waals surface area contributed by atoms with E-state index < -0.39 is 10.0 Å². The Labute approximate surface area is 175 Å². The van der Waals surface area contributed by atoms with Gasteiger partial charge in [-0.2, -0.15) is 4.98 Å². The maximum atomic E-state index is 12.4. The van der Waals surface area contributed by atoms with Crippen LogP contribution in [-0.2, 0) is 19.6 Å². The lowest BCUT2D eigenvalue weighted by molar-refractivity contribution is -0.114. The number of carbonyl (C=O) groups excluding carboxylic acids is 1. The van der Waals surface area contributed by atoms with Crippen molar-refractivity contribution >= 4 is 27.4 Å². The first kappa shape index (κ1) is 21.9. The van der Waals surface area contributed by atoms with Crippen LogP contribution in [0.4, 0.5) is 11.5 Å². The lowest BCUT2D eigenvalue weighted by atomic mass is 10.3. The standard InChI is InChI=1S/C19H25N5O5S/c1-14-21-18(24-8-11-28-12-9-24)13-19(22-14)29-10-7-20-30(26,27)17-5-3-16(4-6-17)23-15(2)25/h3-6,13,20H,7-12H2,1-2H3,(H,23,25). The van der Waals surface area contributed by atoms with E-state index in [9.17, 15) is 13.2 Å². The minimum absolute atomic E-state index is 0.0751. The summed E-state index contributed by atoms with van der Waals surface area (Å²) in [5, 5.41) is 2.59. The van der Waals surface area contributed by atoms with Gasteiger partial charge in [0.2, 0.25) is 21.8 Å². The third-order valence-corrected chi connectivity index (χ3v) is 5.74. The fraction of sp³-hybridized carbons (Fsp3) is 0.421. The Morgan fingerprint density at radius 2 is 1.90 bits per heavy atom. The highest BCUT2D eigenvalue weighted by Crippen LogP contribution is 2.19. The zero-order valence-corrected chi connectivity index (χ0v) is 17.7. The smallest absolute Gasteiger partial charge is 0.240 e. The van der Waals surface area contributed by atoms with Gasteiger partial charge in [0, 0.05) is 38.3 Å². The van der Waals surface area contributed by atoms with Crippen molar-refractivity contribution in [2.45, 2.75) is 18.7 Å². The maximum absolute atomic E-state index is 12.4. The molecule has 0 aliphatic carbocycles. The van der Waals surface area contributed by atoms with Crippen molar-refractivity contribution in [1.82, 2.24) is 14.7 Å². The van der Waals surface area contributed by atoms with Gasteiger partial charge >= 0.3 is 0 Å². The van der Waals surface area contributed by atoms with Gasteiger partial charge in [0.1, 0.15) is 18.2 Å². The van der Waals surface area contributed by atoms with Crippen LogP contribution in [0.2, 0.25) is 0 Å². The molecule has 1 fully saturated rings. The van der Waals surface area contributed by atoms with Gasteiger partial charge < -0.3 is 19.7 Å². The molecule has 0 bridgehead atoms. The second-order valence-corrected chi connectivity index (χ2v) is 8.43. The molecule has 2 heterocycles. The molecule has 162 valence electrons. The molecular formula is C19H25N5O5S. The summed E-state index contributed by atoms with van der Waals surface area (Å²) >= 11 is 0. The zero-order chi connectivity index (χ0) is 21.6. The lowest BCUT2D eigenvalue weighted by Gasteiger charge is -2.28. The number of hydrogen-bond donors (Lipinski definition) is 2. The van der Waals surface area contributed by atoms with Crippen LogP contribution in [0.5, 0.6) is 5.88 Å². The number of nitrogens with zero attached hydrogens (tertiary/aromatic N) is 3. The number of nitrogens with one attached hydrogen (secondary N) is 2. The minimum Gasteiger partial charge on any atom is -0.476 e. The van der Waals surface area contributed by atoms with Crippen molar-refractivity contribution < 1.29 is 22.7 Å². The quantitative estimate of drug-likeness (QED) is 0.588. The van der Waals surface area contributed by atoms with Gasteiger partial charge in [-0.15, -0.1) is 0 Å². The van der Waals surface area contributed by atoms with Crippen molar-refractivity contribution in [3.8, 4) is 5.88 Å². The third kappa shape index (κ3) is 6.12. The van der Waals surface area contributed by atoms with E-state index in [4.69, 9.17) is 9.47 Å². The molecule has 1 aliphatic heterocycles. The molecule has 11 heteroatoms. The van der Waals surface area contributed by atoms with Crippen LogP contribution in [0.1, 0.15) is 12.7 Å². The van der Waals surface area contributed by atoms with Crippen molar-refractivity contribution in [2.24, 2.45) is 0 Å². The molecule has 0 atom stereocenters. The molecule has 10 nitrogen and oxygen atoms in total. The van der Waals surface area contributed by atoms with E-state index in [1.165, 1.54) is 31.2 Å². The van der Waals surface area contributed by atoms with E-state index in [0.717, 1.165) is 18.9 Å². The predicted molar refractivity (Wildman–Crippen MR) is 111 cm³/mol. The summed E-state index contributed by atoms with van der Waals surface area (Å²) in [5.74, 6) is 1.51. The van der Waals surface area contributed by atoms with Gasteiger partial charge in [0.15, 0.2) is 0 Å². The fourth-order valence-corrected chi connectivity index (χ4v) is 3.90. The summed E-state index contributed by atoms with van der Waals surface area (Å²) in [5.41, 5.74) is 0.528. The van der Waals surface area contributed by atoms with Gasteiger partial charge in [-0.25, -0.2) is 18.1 Å². The summed E-state index contributed by atoms with van der Waals surface area (Å²) < 4.78 is 38.3. The molecule has 1 aromatic carbocycles. The first-order valence-electron chi connectivity index (χ1n) is 9.52. The van der Waals surface area contributed by atoms with Crippen LogP contribution in [0.25, 0.3) is 0 Å². The Bertz CT molecular complexity index is 975. The highest BCUT2D eigenvalue weighted by atomic mass is 32.2.